The molecule has 0 aliphatic carbocycles. The van der Waals surface area contributed by atoms with E-state index >= 15 is 0 Å². The second-order valence-electron chi connectivity index (χ2n) is 15.1. The van der Waals surface area contributed by atoms with Crippen molar-refractivity contribution in [2.45, 2.75) is 148 Å². The number of nitrogens with zero attached hydrogens (tertiary/aromatic N) is 1. The molecule has 13 nitrogen and oxygen atoms in total. The van der Waals surface area contributed by atoms with Crippen LogP contribution in [0.15, 0.2) is 24.3 Å². The first-order valence-corrected chi connectivity index (χ1v) is 17.5. The van der Waals surface area contributed by atoms with E-state index in [1.165, 1.54) is 18.7 Å². The lowest BCUT2D eigenvalue weighted by molar-refractivity contribution is -0.298. The van der Waals surface area contributed by atoms with Crippen molar-refractivity contribution in [1.82, 2.24) is 10.2 Å². The number of aliphatic hydroxyl groups is 5. The highest BCUT2D eigenvalue weighted by Gasteiger charge is 2.49. The predicted octanol–water partition coefficient (Wildman–Crippen LogP) is 2.54. The van der Waals surface area contributed by atoms with Gasteiger partial charge in [0.25, 0.3) is 0 Å². The molecule has 0 bridgehead atoms. The summed E-state index contributed by atoms with van der Waals surface area (Å²) in [5.41, 5.74) is -1.81. The van der Waals surface area contributed by atoms with Gasteiger partial charge in [-0.3, -0.25) is 4.79 Å². The lowest BCUT2D eigenvalue weighted by atomic mass is 9.78. The molecule has 2 amide bonds. The van der Waals surface area contributed by atoms with Crippen LogP contribution in [0.25, 0.3) is 0 Å². The molecule has 2 saturated heterocycles. The maximum absolute atomic E-state index is 13.4. The molecule has 1 aromatic rings. The van der Waals surface area contributed by atoms with Crippen LogP contribution >= 0.6 is 0 Å². The van der Waals surface area contributed by atoms with Gasteiger partial charge in [0.2, 0.25) is 0 Å². The third kappa shape index (κ3) is 9.91. The van der Waals surface area contributed by atoms with Gasteiger partial charge in [-0.25, -0.2) is 4.79 Å². The normalized spacial score (nSPS) is 41.6. The first-order chi connectivity index (χ1) is 22.7. The minimum Gasteiger partial charge on any atom is -0.459 e. The molecule has 0 aromatic heterocycles. The number of nitrogens with one attached hydrogen (secondary N) is 2. The van der Waals surface area contributed by atoms with Crippen molar-refractivity contribution < 1.29 is 49.3 Å². The van der Waals surface area contributed by atoms with E-state index in [4.69, 9.17) is 14.2 Å². The van der Waals surface area contributed by atoms with Gasteiger partial charge in [-0.15, -0.1) is 0 Å². The molecule has 49 heavy (non-hydrogen) atoms. The Morgan fingerprint density at radius 1 is 1.10 bits per heavy atom. The van der Waals surface area contributed by atoms with E-state index in [0.717, 1.165) is 5.56 Å². The number of anilines is 1. The summed E-state index contributed by atoms with van der Waals surface area (Å²) >= 11 is 0. The van der Waals surface area contributed by atoms with E-state index in [2.05, 4.69) is 10.6 Å². The average molecular weight is 696 g/mol. The number of hydrogen-bond acceptors (Lipinski definition) is 11. The summed E-state index contributed by atoms with van der Waals surface area (Å²) in [7, 11) is 1.58. The van der Waals surface area contributed by atoms with Crippen LogP contribution in [-0.2, 0) is 19.0 Å². The highest BCUT2D eigenvalue weighted by molar-refractivity contribution is 5.89. The van der Waals surface area contributed by atoms with E-state index in [9.17, 15) is 35.1 Å². The first kappa shape index (κ1) is 41.1. The Morgan fingerprint density at radius 3 is 2.37 bits per heavy atom. The van der Waals surface area contributed by atoms with Crippen molar-refractivity contribution >= 4 is 17.7 Å². The number of benzene rings is 1. The Kier molecular flexibility index (Phi) is 14.1. The fourth-order valence-corrected chi connectivity index (χ4v) is 7.32. The highest BCUT2D eigenvalue weighted by Crippen LogP contribution is 2.36. The molecule has 0 unspecified atom stereocenters. The Morgan fingerprint density at radius 2 is 1.76 bits per heavy atom. The van der Waals surface area contributed by atoms with Crippen LogP contribution in [0, 0.1) is 24.7 Å². The van der Waals surface area contributed by atoms with Crippen molar-refractivity contribution in [3.05, 3.63) is 29.8 Å². The fourth-order valence-electron chi connectivity index (χ4n) is 7.32. The molecule has 14 atom stereocenters. The number of ether oxygens (including phenoxy) is 3. The molecule has 3 rings (SSSR count). The van der Waals surface area contributed by atoms with Crippen LogP contribution in [0.4, 0.5) is 10.5 Å². The third-order valence-electron chi connectivity index (χ3n) is 10.4. The molecule has 2 fully saturated rings. The van der Waals surface area contributed by atoms with Crippen molar-refractivity contribution in [2.75, 3.05) is 18.9 Å². The van der Waals surface area contributed by atoms with Crippen LogP contribution in [0.1, 0.15) is 80.2 Å². The lowest BCUT2D eigenvalue weighted by Gasteiger charge is -2.47. The van der Waals surface area contributed by atoms with Crippen LogP contribution in [0.2, 0.25) is 0 Å². The number of carbonyl (C=O) groups is 2. The maximum Gasteiger partial charge on any atom is 0.321 e. The number of likely N-dealkylation sites (N-methyl/N-ethyl adjacent to an activating group) is 1. The zero-order valence-electron chi connectivity index (χ0n) is 30.8. The monoisotopic (exact) mass is 695 g/mol. The standard InChI is InChI=1S/C36H61N3O10/c1-11-27-36(9,46)30(42)24(7)37-18-20(3)17-35(8,45)31(22(5)28(40)23(6)32(43)48-27)49-33-29(41)26(16-21(4)47-33)39(10)34(44)38-25-14-12-13-19(2)15-25/h12-15,20-24,26-31,33,37,40-42,45-46H,11,16-18H2,1-10H3,(H,38,44)/t20-,21-,22+,23-,24-,26+,27-,28+,29-,30-,31-,33+,35-,36-/m1/s1. The van der Waals surface area contributed by atoms with Gasteiger partial charge >= 0.3 is 12.0 Å². The molecule has 280 valence electrons. The second-order valence-corrected chi connectivity index (χ2v) is 15.1. The second kappa shape index (κ2) is 16.8. The zero-order valence-corrected chi connectivity index (χ0v) is 30.8. The van der Waals surface area contributed by atoms with E-state index in [1.807, 2.05) is 32.0 Å². The summed E-state index contributed by atoms with van der Waals surface area (Å²) in [5.74, 6) is -2.98. The van der Waals surface area contributed by atoms with Gasteiger partial charge in [0.15, 0.2) is 6.29 Å². The molecule has 2 aliphatic rings. The molecular weight excluding hydrogens is 634 g/mol. The van der Waals surface area contributed by atoms with Crippen LogP contribution in [0.5, 0.6) is 0 Å². The SMILES string of the molecule is CC[C@H]1OC(=O)[C@H](C)[C@@H](O)[C@H](C)[C@@H](O[C@@H]2O[C@H](C)C[C@H](N(C)C(=O)Nc3cccc(C)c3)[C@H]2O)[C@](C)(O)C[C@@H](C)CN[C@H](C)[C@@H](O)[C@]1(C)O. The van der Waals surface area contributed by atoms with Gasteiger partial charge in [0.05, 0.1) is 35.9 Å². The Labute approximate surface area is 291 Å². The third-order valence-corrected chi connectivity index (χ3v) is 10.4. The number of esters is 1. The van der Waals surface area contributed by atoms with Crippen molar-refractivity contribution in [3.8, 4) is 0 Å². The number of urea groups is 1. The van der Waals surface area contributed by atoms with Gasteiger partial charge in [0, 0.05) is 24.7 Å². The van der Waals surface area contributed by atoms with Crippen LogP contribution < -0.4 is 10.6 Å². The smallest absolute Gasteiger partial charge is 0.321 e. The quantitative estimate of drug-likeness (QED) is 0.224. The number of amides is 2. The van der Waals surface area contributed by atoms with Crippen molar-refractivity contribution in [3.63, 3.8) is 0 Å². The van der Waals surface area contributed by atoms with E-state index in [-0.39, 0.29) is 18.8 Å². The number of aryl methyl sites for hydroxylation is 1. The Bertz CT molecular complexity index is 1250. The van der Waals surface area contributed by atoms with E-state index < -0.39 is 90.0 Å². The summed E-state index contributed by atoms with van der Waals surface area (Å²) in [5, 5.41) is 63.7. The first-order valence-electron chi connectivity index (χ1n) is 17.5. The zero-order chi connectivity index (χ0) is 37.0. The van der Waals surface area contributed by atoms with Crippen molar-refractivity contribution in [2.24, 2.45) is 17.8 Å². The topological polar surface area (TPSA) is 190 Å². The van der Waals surface area contributed by atoms with Gasteiger partial charge in [-0.2, -0.15) is 0 Å². The molecule has 13 heteroatoms. The predicted molar refractivity (Wildman–Crippen MR) is 185 cm³/mol. The Hall–Kier alpha value is -2.36. The minimum absolute atomic E-state index is 0.165. The summed E-state index contributed by atoms with van der Waals surface area (Å²) in [6.45, 7) is 15.6. The van der Waals surface area contributed by atoms with Crippen LogP contribution in [-0.4, -0.2) is 122 Å². The fraction of sp³-hybridized carbons (Fsp3) is 0.778. The largest absolute Gasteiger partial charge is 0.459 e. The summed E-state index contributed by atoms with van der Waals surface area (Å²) in [6.07, 6.45) is -7.26. The summed E-state index contributed by atoms with van der Waals surface area (Å²) in [6, 6.07) is 5.63. The van der Waals surface area contributed by atoms with E-state index in [1.54, 1.807) is 47.7 Å². The van der Waals surface area contributed by atoms with Gasteiger partial charge in [-0.1, -0.05) is 32.9 Å². The number of carbonyl (C=O) groups excluding carboxylic acids is 2. The Balaban J connectivity index is 1.92. The summed E-state index contributed by atoms with van der Waals surface area (Å²) < 4.78 is 18.2. The maximum atomic E-state index is 13.4. The molecule has 7 N–H and O–H groups in total. The molecule has 0 radical (unpaired) electrons. The highest BCUT2D eigenvalue weighted by atomic mass is 16.7. The molecule has 0 saturated carbocycles. The average Bonchev–Trinajstić information content (AvgIpc) is 3.03. The number of cyclic esters (lactones) is 1. The molecule has 0 spiro atoms. The van der Waals surface area contributed by atoms with Gasteiger partial charge in [-0.05, 0) is 91.0 Å². The summed E-state index contributed by atoms with van der Waals surface area (Å²) in [4.78, 5) is 28.1. The minimum atomic E-state index is -1.79. The number of rotatable bonds is 5. The number of hydrogen-bond donors (Lipinski definition) is 7. The lowest BCUT2D eigenvalue weighted by Crippen LogP contribution is -2.60. The van der Waals surface area contributed by atoms with Gasteiger partial charge in [0.1, 0.15) is 23.9 Å². The molecule has 2 aliphatic heterocycles. The van der Waals surface area contributed by atoms with Crippen LogP contribution in [0.3, 0.4) is 0 Å². The van der Waals surface area contributed by atoms with E-state index in [0.29, 0.717) is 18.7 Å². The molecule has 2 heterocycles. The molecular formula is C36H61N3O10. The van der Waals surface area contributed by atoms with Gasteiger partial charge < -0.3 is 55.3 Å². The van der Waals surface area contributed by atoms with Crippen molar-refractivity contribution in [1.29, 1.82) is 0 Å². The number of aliphatic hydroxyl groups excluding tert-OH is 3. The molecule has 1 aromatic carbocycles.